The van der Waals surface area contributed by atoms with Crippen LogP contribution in [0.2, 0.25) is 5.02 Å². The van der Waals surface area contributed by atoms with Gasteiger partial charge in [-0.25, -0.2) is 0 Å². The van der Waals surface area contributed by atoms with Crippen LogP contribution in [0.25, 0.3) is 0 Å². The van der Waals surface area contributed by atoms with Crippen molar-refractivity contribution in [2.75, 3.05) is 14.2 Å². The van der Waals surface area contributed by atoms with Gasteiger partial charge in [-0.05, 0) is 49.1 Å². The Balaban J connectivity index is 1.80. The van der Waals surface area contributed by atoms with Gasteiger partial charge in [0.25, 0.3) is 0 Å². The Bertz CT molecular complexity index is 748. The fourth-order valence-electron chi connectivity index (χ4n) is 3.32. The number of aryl methyl sites for hydroxylation is 1. The zero-order valence-electron chi connectivity index (χ0n) is 14.0. The maximum absolute atomic E-state index is 13.0. The summed E-state index contributed by atoms with van der Waals surface area (Å²) in [5, 5.41) is 0.635. The quantitative estimate of drug-likeness (QED) is 0.846. The number of benzene rings is 1. The van der Waals surface area contributed by atoms with E-state index in [2.05, 4.69) is 11.1 Å². The number of ether oxygens (including phenoxy) is 1. The molecule has 1 heterocycles. The Hall–Kier alpha value is -2.07. The highest BCUT2D eigenvalue weighted by Gasteiger charge is 2.30. The van der Waals surface area contributed by atoms with E-state index in [0.717, 1.165) is 36.3 Å². The topological polar surface area (TPSA) is 42.4 Å². The summed E-state index contributed by atoms with van der Waals surface area (Å²) >= 11 is 6.08. The molecule has 4 nitrogen and oxygen atoms in total. The smallest absolute Gasteiger partial charge is 0.231 e. The van der Waals surface area contributed by atoms with Crippen LogP contribution in [0.3, 0.4) is 0 Å². The van der Waals surface area contributed by atoms with Crippen molar-refractivity contribution in [1.29, 1.82) is 0 Å². The van der Waals surface area contributed by atoms with Crippen LogP contribution in [-0.2, 0) is 17.8 Å². The van der Waals surface area contributed by atoms with Crippen molar-refractivity contribution >= 4 is 17.5 Å². The minimum atomic E-state index is -0.162. The number of carbonyl (C=O) groups excluding carboxylic acids is 1. The molecule has 1 unspecified atom stereocenters. The van der Waals surface area contributed by atoms with Crippen LogP contribution >= 0.6 is 11.6 Å². The summed E-state index contributed by atoms with van der Waals surface area (Å²) in [5.74, 6) is 0.669. The van der Waals surface area contributed by atoms with Gasteiger partial charge in [-0.3, -0.25) is 9.78 Å². The highest BCUT2D eigenvalue weighted by Crippen LogP contribution is 2.32. The molecule has 0 spiro atoms. The van der Waals surface area contributed by atoms with E-state index in [1.807, 2.05) is 25.2 Å². The predicted octanol–water partition coefficient (Wildman–Crippen LogP) is 3.82. The highest BCUT2D eigenvalue weighted by atomic mass is 35.5. The third-order valence-corrected chi connectivity index (χ3v) is 4.75. The summed E-state index contributed by atoms with van der Waals surface area (Å²) in [6.07, 6.45) is 4.63. The number of amides is 1. The molecule has 0 N–H and O–H groups in total. The van der Waals surface area contributed by atoms with Gasteiger partial charge in [0, 0.05) is 30.4 Å². The predicted molar refractivity (Wildman–Crippen MR) is 94.4 cm³/mol. The number of carbonyl (C=O) groups is 1. The van der Waals surface area contributed by atoms with E-state index in [1.165, 1.54) is 5.56 Å². The summed E-state index contributed by atoms with van der Waals surface area (Å²) in [4.78, 5) is 19.2. The Labute approximate surface area is 147 Å². The number of fused-ring (bicyclic) bond motifs is 1. The van der Waals surface area contributed by atoms with Crippen LogP contribution in [0, 0.1) is 0 Å². The Morgan fingerprint density at radius 3 is 3.04 bits per heavy atom. The second-order valence-corrected chi connectivity index (χ2v) is 6.58. The van der Waals surface area contributed by atoms with E-state index in [0.29, 0.717) is 11.6 Å². The molecule has 24 heavy (non-hydrogen) atoms. The van der Waals surface area contributed by atoms with Gasteiger partial charge in [0.1, 0.15) is 5.75 Å². The standard InChI is InChI=1S/C19H21ClN2O2/c1-22(12-14-11-15(20)8-9-17(14)24-2)19(23)16-7-3-5-13-6-4-10-21-18(13)16/h4,6,8-11,16H,3,5,7,12H2,1-2H3. The lowest BCUT2D eigenvalue weighted by molar-refractivity contribution is -0.132. The van der Waals surface area contributed by atoms with Gasteiger partial charge in [0.05, 0.1) is 18.7 Å². The molecule has 1 aliphatic carbocycles. The Morgan fingerprint density at radius 1 is 1.42 bits per heavy atom. The summed E-state index contributed by atoms with van der Waals surface area (Å²) in [6.45, 7) is 0.460. The Kier molecular flexibility index (Phi) is 5.05. The van der Waals surface area contributed by atoms with Gasteiger partial charge >= 0.3 is 0 Å². The van der Waals surface area contributed by atoms with Crippen molar-refractivity contribution in [1.82, 2.24) is 9.88 Å². The zero-order chi connectivity index (χ0) is 17.1. The van der Waals surface area contributed by atoms with Crippen molar-refractivity contribution in [2.24, 2.45) is 0 Å². The maximum Gasteiger partial charge on any atom is 0.231 e. The number of methoxy groups -OCH3 is 1. The maximum atomic E-state index is 13.0. The first-order valence-corrected chi connectivity index (χ1v) is 8.49. The summed E-state index contributed by atoms with van der Waals surface area (Å²) in [7, 11) is 3.44. The molecule has 0 saturated carbocycles. The second-order valence-electron chi connectivity index (χ2n) is 6.14. The zero-order valence-corrected chi connectivity index (χ0v) is 14.7. The fourth-order valence-corrected chi connectivity index (χ4v) is 3.51. The largest absolute Gasteiger partial charge is 0.496 e. The minimum absolute atomic E-state index is 0.0941. The fraction of sp³-hybridized carbons (Fsp3) is 0.368. The normalized spacial score (nSPS) is 16.4. The number of pyridine rings is 1. The van der Waals surface area contributed by atoms with Crippen LogP contribution in [0.1, 0.15) is 35.6 Å². The lowest BCUT2D eigenvalue weighted by Gasteiger charge is -2.28. The molecule has 1 atom stereocenters. The SMILES string of the molecule is COc1ccc(Cl)cc1CN(C)C(=O)C1CCCc2cccnc21. The van der Waals surface area contributed by atoms with Crippen molar-refractivity contribution in [3.63, 3.8) is 0 Å². The number of aromatic nitrogens is 1. The monoisotopic (exact) mass is 344 g/mol. The van der Waals surface area contributed by atoms with Gasteiger partial charge < -0.3 is 9.64 Å². The molecular formula is C19H21ClN2O2. The first kappa shape index (κ1) is 16.8. The molecule has 1 aromatic heterocycles. The molecule has 0 saturated heterocycles. The third-order valence-electron chi connectivity index (χ3n) is 4.52. The van der Waals surface area contributed by atoms with Gasteiger partial charge in [-0.1, -0.05) is 17.7 Å². The summed E-state index contributed by atoms with van der Waals surface area (Å²) < 4.78 is 5.37. The molecule has 126 valence electrons. The number of nitrogens with zero attached hydrogens (tertiary/aromatic N) is 2. The van der Waals surface area contributed by atoms with Crippen LogP contribution in [0.4, 0.5) is 0 Å². The molecule has 0 radical (unpaired) electrons. The third kappa shape index (κ3) is 3.39. The molecule has 1 aliphatic rings. The lowest BCUT2D eigenvalue weighted by atomic mass is 9.85. The van der Waals surface area contributed by atoms with Crippen LogP contribution in [0.5, 0.6) is 5.75 Å². The number of hydrogen-bond donors (Lipinski definition) is 0. The van der Waals surface area contributed by atoms with Gasteiger partial charge in [0.15, 0.2) is 0 Å². The van der Waals surface area contributed by atoms with E-state index in [4.69, 9.17) is 16.3 Å². The molecular weight excluding hydrogens is 324 g/mol. The average molecular weight is 345 g/mol. The summed E-state index contributed by atoms with van der Waals surface area (Å²) in [5.41, 5.74) is 3.02. The van der Waals surface area contributed by atoms with E-state index in [9.17, 15) is 4.79 Å². The molecule has 5 heteroatoms. The van der Waals surface area contributed by atoms with E-state index in [1.54, 1.807) is 24.3 Å². The van der Waals surface area contributed by atoms with Gasteiger partial charge in [-0.15, -0.1) is 0 Å². The van der Waals surface area contributed by atoms with E-state index in [-0.39, 0.29) is 11.8 Å². The number of hydrogen-bond acceptors (Lipinski definition) is 3. The van der Waals surface area contributed by atoms with E-state index < -0.39 is 0 Å². The number of likely N-dealkylation sites (N-methyl/N-ethyl adjacent to an activating group) is 1. The molecule has 0 fully saturated rings. The molecule has 1 amide bonds. The van der Waals surface area contributed by atoms with Crippen molar-refractivity contribution in [3.05, 3.63) is 58.4 Å². The average Bonchev–Trinajstić information content (AvgIpc) is 2.61. The van der Waals surface area contributed by atoms with Crippen molar-refractivity contribution in [2.45, 2.75) is 31.7 Å². The first-order valence-electron chi connectivity index (χ1n) is 8.11. The van der Waals surface area contributed by atoms with Crippen molar-refractivity contribution < 1.29 is 9.53 Å². The highest BCUT2D eigenvalue weighted by molar-refractivity contribution is 6.30. The number of rotatable bonds is 4. The molecule has 3 rings (SSSR count). The van der Waals surface area contributed by atoms with Crippen molar-refractivity contribution in [3.8, 4) is 5.75 Å². The number of halogens is 1. The minimum Gasteiger partial charge on any atom is -0.496 e. The van der Waals surface area contributed by atoms with Crippen LogP contribution < -0.4 is 4.74 Å². The van der Waals surface area contributed by atoms with E-state index >= 15 is 0 Å². The molecule has 0 bridgehead atoms. The molecule has 1 aromatic carbocycles. The second kappa shape index (κ2) is 7.22. The molecule has 2 aromatic rings. The van der Waals surface area contributed by atoms with Gasteiger partial charge in [0.2, 0.25) is 5.91 Å². The first-order chi connectivity index (χ1) is 11.6. The Morgan fingerprint density at radius 2 is 2.25 bits per heavy atom. The van der Waals surface area contributed by atoms with Gasteiger partial charge in [-0.2, -0.15) is 0 Å². The summed E-state index contributed by atoms with van der Waals surface area (Å²) in [6, 6.07) is 9.46. The van der Waals surface area contributed by atoms with Crippen LogP contribution in [0.15, 0.2) is 36.5 Å². The molecule has 0 aliphatic heterocycles. The van der Waals surface area contributed by atoms with Crippen LogP contribution in [-0.4, -0.2) is 29.9 Å². The lowest BCUT2D eigenvalue weighted by Crippen LogP contribution is -2.33.